The summed E-state index contributed by atoms with van der Waals surface area (Å²) in [5.74, 6) is 0.278. The van der Waals surface area contributed by atoms with Gasteiger partial charge < -0.3 is 20.3 Å². The van der Waals surface area contributed by atoms with Gasteiger partial charge in [0.1, 0.15) is 11.9 Å². The summed E-state index contributed by atoms with van der Waals surface area (Å²) in [5.41, 5.74) is 7.14. The molecule has 2 heterocycles. The number of hydrogen-bond acceptors (Lipinski definition) is 5. The van der Waals surface area contributed by atoms with E-state index in [0.29, 0.717) is 12.8 Å². The first-order valence-corrected chi connectivity index (χ1v) is 8.13. The summed E-state index contributed by atoms with van der Waals surface area (Å²) in [6.45, 7) is 0. The lowest BCUT2D eigenvalue weighted by Crippen LogP contribution is -2.43. The summed E-state index contributed by atoms with van der Waals surface area (Å²) in [5, 5.41) is 11.5. The third kappa shape index (κ3) is 3.49. The van der Waals surface area contributed by atoms with Crippen LogP contribution in [0, 0.1) is 0 Å². The summed E-state index contributed by atoms with van der Waals surface area (Å²) >= 11 is 0. The van der Waals surface area contributed by atoms with Crippen molar-refractivity contribution in [2.24, 2.45) is 5.73 Å². The molecule has 1 aromatic heterocycles. The number of aliphatic hydroxyl groups is 1. The molecule has 1 aliphatic rings. The van der Waals surface area contributed by atoms with Crippen molar-refractivity contribution >= 4 is 16.8 Å². The summed E-state index contributed by atoms with van der Waals surface area (Å²) in [4.78, 5) is 15.7. The lowest BCUT2D eigenvalue weighted by molar-refractivity contribution is -0.146. The molecule has 24 heavy (non-hydrogen) atoms. The average molecular weight is 330 g/mol. The second-order valence-corrected chi connectivity index (χ2v) is 6.12. The molecule has 1 unspecified atom stereocenters. The molecular weight excluding hydrogens is 308 g/mol. The number of hydrogen-bond donors (Lipinski definition) is 2. The zero-order chi connectivity index (χ0) is 17.1. The largest absolute Gasteiger partial charge is 0.497 e. The number of methoxy groups -OCH3 is 1. The Labute approximate surface area is 140 Å². The summed E-state index contributed by atoms with van der Waals surface area (Å²) < 4.78 is 10.9. The van der Waals surface area contributed by atoms with Crippen LogP contribution in [-0.2, 0) is 16.0 Å². The molecule has 1 saturated heterocycles. The highest BCUT2D eigenvalue weighted by atomic mass is 16.5. The van der Waals surface area contributed by atoms with E-state index in [4.69, 9.17) is 15.2 Å². The number of carbonyl (C=O) groups is 1. The Balaban J connectivity index is 1.80. The SMILES string of the molecule is COc1ccc2nccc(C[C@H](O)[C@@H]3CCCC(C(N)=O)O3)c2c1. The number of carbonyl (C=O) groups excluding carboxylic acids is 1. The van der Waals surface area contributed by atoms with Crippen LogP contribution >= 0.6 is 0 Å². The van der Waals surface area contributed by atoms with E-state index in [-0.39, 0.29) is 6.10 Å². The minimum Gasteiger partial charge on any atom is -0.497 e. The topological polar surface area (TPSA) is 94.7 Å². The van der Waals surface area contributed by atoms with Crippen molar-refractivity contribution in [1.82, 2.24) is 4.98 Å². The number of rotatable bonds is 5. The van der Waals surface area contributed by atoms with Gasteiger partial charge in [-0.25, -0.2) is 0 Å². The van der Waals surface area contributed by atoms with Crippen molar-refractivity contribution in [1.29, 1.82) is 0 Å². The van der Waals surface area contributed by atoms with Crippen molar-refractivity contribution in [2.45, 2.75) is 44.0 Å². The van der Waals surface area contributed by atoms with E-state index in [2.05, 4.69) is 4.98 Å². The van der Waals surface area contributed by atoms with Gasteiger partial charge in [-0.05, 0) is 49.1 Å². The zero-order valence-electron chi connectivity index (χ0n) is 13.6. The minimum absolute atomic E-state index is 0.384. The Bertz CT molecular complexity index is 734. The van der Waals surface area contributed by atoms with E-state index < -0.39 is 18.1 Å². The quantitative estimate of drug-likeness (QED) is 0.868. The highest BCUT2D eigenvalue weighted by Gasteiger charge is 2.31. The van der Waals surface area contributed by atoms with Crippen LogP contribution in [0.5, 0.6) is 5.75 Å². The highest BCUT2D eigenvalue weighted by Crippen LogP contribution is 2.27. The van der Waals surface area contributed by atoms with Crippen molar-refractivity contribution in [3.63, 3.8) is 0 Å². The normalized spacial score (nSPS) is 22.2. The van der Waals surface area contributed by atoms with Gasteiger partial charge in [-0.1, -0.05) is 0 Å². The van der Waals surface area contributed by atoms with Gasteiger partial charge in [0.2, 0.25) is 5.91 Å². The van der Waals surface area contributed by atoms with Gasteiger partial charge in [-0.15, -0.1) is 0 Å². The summed E-state index contributed by atoms with van der Waals surface area (Å²) in [6, 6.07) is 7.55. The van der Waals surface area contributed by atoms with E-state index in [1.54, 1.807) is 13.3 Å². The van der Waals surface area contributed by atoms with Gasteiger partial charge in [-0.3, -0.25) is 9.78 Å². The Morgan fingerprint density at radius 2 is 2.29 bits per heavy atom. The standard InChI is InChI=1S/C18H22N2O4/c1-23-12-5-6-14-13(10-12)11(7-8-20-14)9-15(21)16-3-2-4-17(24-16)18(19)22/h5-8,10,15-17,21H,2-4,9H2,1H3,(H2,19,22)/t15-,16-,17?/m0/s1. The van der Waals surface area contributed by atoms with Gasteiger partial charge in [0.15, 0.2) is 0 Å². The van der Waals surface area contributed by atoms with Gasteiger partial charge in [-0.2, -0.15) is 0 Å². The zero-order valence-corrected chi connectivity index (χ0v) is 13.6. The maximum atomic E-state index is 11.3. The molecule has 128 valence electrons. The molecular formula is C18H22N2O4. The number of pyridine rings is 1. The number of nitrogens with two attached hydrogens (primary N) is 1. The van der Waals surface area contributed by atoms with Crippen LogP contribution in [0.1, 0.15) is 24.8 Å². The smallest absolute Gasteiger partial charge is 0.246 e. The number of ether oxygens (including phenoxy) is 2. The van der Waals surface area contributed by atoms with Crippen LogP contribution < -0.4 is 10.5 Å². The maximum absolute atomic E-state index is 11.3. The van der Waals surface area contributed by atoms with Gasteiger partial charge >= 0.3 is 0 Å². The fourth-order valence-corrected chi connectivity index (χ4v) is 3.19. The van der Waals surface area contributed by atoms with Crippen LogP contribution in [0.25, 0.3) is 10.9 Å². The molecule has 3 N–H and O–H groups in total. The lowest BCUT2D eigenvalue weighted by atomic mass is 9.95. The lowest BCUT2D eigenvalue weighted by Gasteiger charge is -2.31. The Morgan fingerprint density at radius 3 is 3.04 bits per heavy atom. The second kappa shape index (κ2) is 7.15. The van der Waals surface area contributed by atoms with Crippen molar-refractivity contribution in [3.8, 4) is 5.75 Å². The second-order valence-electron chi connectivity index (χ2n) is 6.12. The average Bonchev–Trinajstić information content (AvgIpc) is 2.61. The number of aliphatic hydroxyl groups excluding tert-OH is 1. The molecule has 3 atom stereocenters. The molecule has 0 bridgehead atoms. The van der Waals surface area contributed by atoms with Gasteiger partial charge in [0.25, 0.3) is 0 Å². The first kappa shape index (κ1) is 16.7. The number of fused-ring (bicyclic) bond motifs is 1. The minimum atomic E-state index is -0.705. The van der Waals surface area contributed by atoms with Crippen molar-refractivity contribution in [2.75, 3.05) is 7.11 Å². The van der Waals surface area contributed by atoms with Crippen LogP contribution in [0.15, 0.2) is 30.5 Å². The number of nitrogens with zero attached hydrogens (tertiary/aromatic N) is 1. The Hall–Kier alpha value is -2.18. The van der Waals surface area contributed by atoms with Crippen LogP contribution in [0.4, 0.5) is 0 Å². The molecule has 1 aliphatic heterocycles. The molecule has 0 radical (unpaired) electrons. The molecule has 0 spiro atoms. The molecule has 6 nitrogen and oxygen atoms in total. The van der Waals surface area contributed by atoms with E-state index in [9.17, 15) is 9.90 Å². The maximum Gasteiger partial charge on any atom is 0.246 e. The van der Waals surface area contributed by atoms with E-state index in [1.165, 1.54) is 0 Å². The number of primary amides is 1. The van der Waals surface area contributed by atoms with Gasteiger partial charge in [0.05, 0.1) is 24.8 Å². The van der Waals surface area contributed by atoms with Crippen LogP contribution in [0.2, 0.25) is 0 Å². The van der Waals surface area contributed by atoms with Crippen LogP contribution in [0.3, 0.4) is 0 Å². The molecule has 0 aliphatic carbocycles. The molecule has 3 rings (SSSR count). The van der Waals surface area contributed by atoms with Crippen LogP contribution in [-0.4, -0.2) is 41.4 Å². The number of benzene rings is 1. The third-order valence-corrected chi connectivity index (χ3v) is 4.51. The molecule has 2 aromatic rings. The van der Waals surface area contributed by atoms with E-state index in [0.717, 1.165) is 35.1 Å². The third-order valence-electron chi connectivity index (χ3n) is 4.51. The first-order valence-electron chi connectivity index (χ1n) is 8.13. The first-order chi connectivity index (χ1) is 11.6. The summed E-state index contributed by atoms with van der Waals surface area (Å²) in [7, 11) is 1.62. The Morgan fingerprint density at radius 1 is 1.46 bits per heavy atom. The predicted molar refractivity (Wildman–Crippen MR) is 89.7 cm³/mol. The molecule has 1 fully saturated rings. The van der Waals surface area contributed by atoms with Crippen molar-refractivity contribution < 1.29 is 19.4 Å². The molecule has 6 heteroatoms. The van der Waals surface area contributed by atoms with Gasteiger partial charge in [0, 0.05) is 18.0 Å². The fraction of sp³-hybridized carbons (Fsp3) is 0.444. The van der Waals surface area contributed by atoms with E-state index in [1.807, 2.05) is 24.3 Å². The molecule has 1 amide bonds. The highest BCUT2D eigenvalue weighted by molar-refractivity contribution is 5.83. The Kier molecular flexibility index (Phi) is 4.97. The molecule has 1 aromatic carbocycles. The van der Waals surface area contributed by atoms with E-state index >= 15 is 0 Å². The molecule has 0 saturated carbocycles. The summed E-state index contributed by atoms with van der Waals surface area (Å²) in [6.07, 6.45) is 2.61. The number of amides is 1. The monoisotopic (exact) mass is 330 g/mol. The predicted octanol–water partition coefficient (Wildman–Crippen LogP) is 1.57. The number of aromatic nitrogens is 1. The fourth-order valence-electron chi connectivity index (χ4n) is 3.19. The van der Waals surface area contributed by atoms with Crippen molar-refractivity contribution in [3.05, 3.63) is 36.0 Å².